The Kier molecular flexibility index (Phi) is 5.55. The summed E-state index contributed by atoms with van der Waals surface area (Å²) in [6.45, 7) is 1.34. The first-order valence-corrected chi connectivity index (χ1v) is 10.7. The number of likely N-dealkylation sites (tertiary alicyclic amines) is 1. The second kappa shape index (κ2) is 8.09. The average molecular weight is 420 g/mol. The minimum atomic E-state index is -0.0777. The first-order chi connectivity index (χ1) is 13.5. The Hall–Kier alpha value is -2.12. The summed E-state index contributed by atoms with van der Waals surface area (Å²) >= 11 is 7.57. The van der Waals surface area contributed by atoms with Crippen molar-refractivity contribution in [2.24, 2.45) is 11.8 Å². The molecule has 0 radical (unpaired) electrons. The van der Waals surface area contributed by atoms with Gasteiger partial charge < -0.3 is 15.0 Å². The molecule has 2 fully saturated rings. The van der Waals surface area contributed by atoms with Gasteiger partial charge in [0.05, 0.1) is 17.8 Å². The Morgan fingerprint density at radius 2 is 1.96 bits per heavy atom. The second-order valence-electron chi connectivity index (χ2n) is 7.25. The number of ether oxygens (including phenoxy) is 1. The lowest BCUT2D eigenvalue weighted by Gasteiger charge is -2.31. The highest BCUT2D eigenvalue weighted by atomic mass is 35.5. The number of methoxy groups -OCH3 is 1. The van der Waals surface area contributed by atoms with Crippen LogP contribution in [-0.4, -0.2) is 41.9 Å². The van der Waals surface area contributed by atoms with Crippen molar-refractivity contribution in [3.05, 3.63) is 28.6 Å². The molecule has 1 saturated carbocycles. The number of amides is 2. The quantitative estimate of drug-likeness (QED) is 0.793. The van der Waals surface area contributed by atoms with Gasteiger partial charge in [0, 0.05) is 35.9 Å². The van der Waals surface area contributed by atoms with Gasteiger partial charge in [0.25, 0.3) is 0 Å². The Morgan fingerprint density at radius 1 is 1.21 bits per heavy atom. The van der Waals surface area contributed by atoms with E-state index in [0.29, 0.717) is 41.8 Å². The van der Waals surface area contributed by atoms with E-state index in [1.807, 2.05) is 16.3 Å². The molecule has 2 heterocycles. The van der Waals surface area contributed by atoms with Crippen LogP contribution in [0.15, 0.2) is 23.6 Å². The number of nitrogens with zero attached hydrogens (tertiary/aromatic N) is 2. The van der Waals surface area contributed by atoms with Crippen LogP contribution in [0.2, 0.25) is 5.02 Å². The van der Waals surface area contributed by atoms with Crippen molar-refractivity contribution in [2.75, 3.05) is 25.5 Å². The normalized spacial score (nSPS) is 17.4. The first-order valence-electron chi connectivity index (χ1n) is 9.44. The number of piperidine rings is 1. The molecule has 1 aromatic carbocycles. The number of anilines is 1. The Labute approximate surface area is 172 Å². The fraction of sp³-hybridized carbons (Fsp3) is 0.450. The van der Waals surface area contributed by atoms with Crippen LogP contribution in [0.4, 0.5) is 5.13 Å². The second-order valence-corrected chi connectivity index (χ2v) is 8.52. The highest BCUT2D eigenvalue weighted by Crippen LogP contribution is 2.34. The van der Waals surface area contributed by atoms with E-state index >= 15 is 0 Å². The van der Waals surface area contributed by atoms with Gasteiger partial charge in [-0.1, -0.05) is 11.6 Å². The monoisotopic (exact) mass is 419 g/mol. The summed E-state index contributed by atoms with van der Waals surface area (Å²) in [4.78, 5) is 31.1. The fourth-order valence-electron chi connectivity index (χ4n) is 3.45. The van der Waals surface area contributed by atoms with Crippen LogP contribution in [0.25, 0.3) is 11.3 Å². The molecule has 4 rings (SSSR count). The maximum absolute atomic E-state index is 12.6. The summed E-state index contributed by atoms with van der Waals surface area (Å²) in [6, 6.07) is 5.48. The minimum Gasteiger partial charge on any atom is -0.495 e. The van der Waals surface area contributed by atoms with E-state index in [9.17, 15) is 9.59 Å². The molecule has 1 aromatic heterocycles. The van der Waals surface area contributed by atoms with Crippen molar-refractivity contribution in [3.63, 3.8) is 0 Å². The molecule has 1 N–H and O–H groups in total. The lowest BCUT2D eigenvalue weighted by molar-refractivity contribution is -0.135. The van der Waals surface area contributed by atoms with Gasteiger partial charge in [-0.25, -0.2) is 4.98 Å². The summed E-state index contributed by atoms with van der Waals surface area (Å²) in [5, 5.41) is 5.91. The number of benzene rings is 1. The molecule has 1 aliphatic heterocycles. The van der Waals surface area contributed by atoms with Crippen molar-refractivity contribution in [2.45, 2.75) is 25.7 Å². The van der Waals surface area contributed by atoms with Crippen LogP contribution in [0.5, 0.6) is 5.75 Å². The van der Waals surface area contributed by atoms with Crippen molar-refractivity contribution in [1.82, 2.24) is 9.88 Å². The summed E-state index contributed by atoms with van der Waals surface area (Å²) < 4.78 is 5.17. The molecule has 0 atom stereocenters. The van der Waals surface area contributed by atoms with E-state index in [0.717, 1.165) is 24.1 Å². The third-order valence-corrected chi connectivity index (χ3v) is 6.34. The Bertz CT molecular complexity index is 889. The molecule has 2 aromatic rings. The third-order valence-electron chi connectivity index (χ3n) is 5.29. The number of thiazole rings is 1. The number of nitrogens with one attached hydrogen (secondary N) is 1. The molecule has 6 nitrogen and oxygen atoms in total. The number of hydrogen-bond acceptors (Lipinski definition) is 5. The van der Waals surface area contributed by atoms with Crippen LogP contribution < -0.4 is 10.1 Å². The number of aromatic nitrogens is 1. The van der Waals surface area contributed by atoms with E-state index in [-0.39, 0.29) is 23.7 Å². The van der Waals surface area contributed by atoms with Crippen LogP contribution >= 0.6 is 22.9 Å². The average Bonchev–Trinajstić information content (AvgIpc) is 3.46. The molecule has 0 spiro atoms. The van der Waals surface area contributed by atoms with Gasteiger partial charge >= 0.3 is 0 Å². The zero-order valence-corrected chi connectivity index (χ0v) is 17.2. The molecule has 0 bridgehead atoms. The number of rotatable bonds is 5. The maximum atomic E-state index is 12.6. The molecule has 1 saturated heterocycles. The fourth-order valence-corrected chi connectivity index (χ4v) is 4.43. The molecule has 28 heavy (non-hydrogen) atoms. The van der Waals surface area contributed by atoms with Crippen LogP contribution in [0.1, 0.15) is 25.7 Å². The van der Waals surface area contributed by atoms with E-state index in [1.165, 1.54) is 11.3 Å². The summed E-state index contributed by atoms with van der Waals surface area (Å²) in [7, 11) is 1.57. The Balaban J connectivity index is 1.34. The molecule has 0 unspecified atom stereocenters. The van der Waals surface area contributed by atoms with E-state index < -0.39 is 0 Å². The predicted molar refractivity (Wildman–Crippen MR) is 110 cm³/mol. The van der Waals surface area contributed by atoms with Gasteiger partial charge in [0.1, 0.15) is 5.75 Å². The van der Waals surface area contributed by atoms with Crippen LogP contribution in [-0.2, 0) is 9.59 Å². The number of carbonyl (C=O) groups is 2. The van der Waals surface area contributed by atoms with Gasteiger partial charge in [0.2, 0.25) is 11.8 Å². The van der Waals surface area contributed by atoms with Crippen molar-refractivity contribution >= 4 is 39.9 Å². The molecule has 2 aliphatic rings. The summed E-state index contributed by atoms with van der Waals surface area (Å²) in [5.41, 5.74) is 1.63. The van der Waals surface area contributed by atoms with E-state index in [4.69, 9.17) is 16.3 Å². The van der Waals surface area contributed by atoms with Gasteiger partial charge in [-0.05, 0) is 43.9 Å². The van der Waals surface area contributed by atoms with E-state index in [2.05, 4.69) is 10.3 Å². The zero-order valence-electron chi connectivity index (χ0n) is 15.6. The van der Waals surface area contributed by atoms with Gasteiger partial charge in [0.15, 0.2) is 5.13 Å². The largest absolute Gasteiger partial charge is 0.495 e. The molecular weight excluding hydrogens is 398 g/mol. The van der Waals surface area contributed by atoms with Crippen molar-refractivity contribution in [3.8, 4) is 17.0 Å². The molecule has 1 aliphatic carbocycles. The van der Waals surface area contributed by atoms with Crippen LogP contribution in [0, 0.1) is 11.8 Å². The highest BCUT2D eigenvalue weighted by Gasteiger charge is 2.36. The highest BCUT2D eigenvalue weighted by molar-refractivity contribution is 7.14. The molecule has 148 valence electrons. The molecule has 2 amide bonds. The number of carbonyl (C=O) groups excluding carboxylic acids is 2. The lowest BCUT2D eigenvalue weighted by Crippen LogP contribution is -2.42. The number of halogens is 1. The van der Waals surface area contributed by atoms with Gasteiger partial charge in [-0.2, -0.15) is 0 Å². The van der Waals surface area contributed by atoms with Crippen LogP contribution in [0.3, 0.4) is 0 Å². The van der Waals surface area contributed by atoms with Gasteiger partial charge in [-0.15, -0.1) is 11.3 Å². The minimum absolute atomic E-state index is 0.0211. The van der Waals surface area contributed by atoms with E-state index in [1.54, 1.807) is 19.2 Å². The Morgan fingerprint density at radius 3 is 2.61 bits per heavy atom. The van der Waals surface area contributed by atoms with Crippen molar-refractivity contribution < 1.29 is 14.3 Å². The predicted octanol–water partition coefficient (Wildman–Crippen LogP) is 4.06. The SMILES string of the molecule is COc1ccc(-c2csc(NC(=O)C3CCN(C(=O)C4CC4)CC3)n2)cc1Cl. The molecular formula is C20H22ClN3O3S. The lowest BCUT2D eigenvalue weighted by atomic mass is 9.95. The van der Waals surface area contributed by atoms with Gasteiger partial charge in [-0.3, -0.25) is 9.59 Å². The third kappa shape index (κ3) is 4.15. The summed E-state index contributed by atoms with van der Waals surface area (Å²) in [5.74, 6) is 1.02. The molecule has 8 heteroatoms. The zero-order chi connectivity index (χ0) is 19.7. The smallest absolute Gasteiger partial charge is 0.229 e. The topological polar surface area (TPSA) is 71.5 Å². The summed E-state index contributed by atoms with van der Waals surface area (Å²) in [6.07, 6.45) is 3.45. The standard InChI is InChI=1S/C20H22ClN3O3S/c1-27-17-5-4-14(10-15(17)21)16-11-28-20(22-16)23-18(25)12-6-8-24(9-7-12)19(26)13-2-3-13/h4-5,10-13H,2-3,6-9H2,1H3,(H,22,23,25). The van der Waals surface area contributed by atoms with Crippen molar-refractivity contribution in [1.29, 1.82) is 0 Å². The number of hydrogen-bond donors (Lipinski definition) is 1. The first kappa shape index (κ1) is 19.2. The maximum Gasteiger partial charge on any atom is 0.229 e.